The van der Waals surface area contributed by atoms with Crippen molar-refractivity contribution in [3.8, 4) is 0 Å². The number of rotatable bonds is 5. The lowest BCUT2D eigenvalue weighted by molar-refractivity contribution is -0.137. The van der Waals surface area contributed by atoms with Crippen LogP contribution in [0, 0.1) is 13.8 Å². The van der Waals surface area contributed by atoms with Crippen LogP contribution in [0.2, 0.25) is 0 Å². The average Bonchev–Trinajstić information content (AvgIpc) is 2.51. The van der Waals surface area contributed by atoms with Crippen molar-refractivity contribution in [3.63, 3.8) is 0 Å². The predicted octanol–water partition coefficient (Wildman–Crippen LogP) is 5.58. The third kappa shape index (κ3) is 5.53. The van der Waals surface area contributed by atoms with E-state index in [1.54, 1.807) is 6.92 Å². The van der Waals surface area contributed by atoms with Gasteiger partial charge in [-0.1, -0.05) is 41.5 Å². The Hall–Kier alpha value is -1.95. The molecule has 2 nitrogen and oxygen atoms in total. The molecular formula is C19H20F3NOS. The average molecular weight is 367 g/mol. The number of alkyl halides is 3. The summed E-state index contributed by atoms with van der Waals surface area (Å²) >= 11 is 1.39. The van der Waals surface area contributed by atoms with E-state index in [0.29, 0.717) is 5.75 Å². The first-order valence-corrected chi connectivity index (χ1v) is 8.87. The summed E-state index contributed by atoms with van der Waals surface area (Å²) < 4.78 is 39.0. The van der Waals surface area contributed by atoms with Crippen LogP contribution in [0.5, 0.6) is 0 Å². The Morgan fingerprint density at radius 2 is 1.72 bits per heavy atom. The van der Waals surface area contributed by atoms with Gasteiger partial charge in [-0.2, -0.15) is 13.2 Å². The molecule has 0 radical (unpaired) electrons. The monoisotopic (exact) mass is 367 g/mol. The van der Waals surface area contributed by atoms with E-state index in [4.69, 9.17) is 0 Å². The third-order valence-corrected chi connectivity index (χ3v) is 4.86. The van der Waals surface area contributed by atoms with Crippen molar-refractivity contribution in [2.45, 2.75) is 38.0 Å². The van der Waals surface area contributed by atoms with Crippen molar-refractivity contribution in [2.75, 3.05) is 5.32 Å². The number of anilines is 1. The van der Waals surface area contributed by atoms with Crippen molar-refractivity contribution < 1.29 is 18.0 Å². The fraction of sp³-hybridized carbons (Fsp3) is 0.316. The molecule has 6 heteroatoms. The molecule has 0 unspecified atom stereocenters. The fourth-order valence-electron chi connectivity index (χ4n) is 2.52. The quantitative estimate of drug-likeness (QED) is 0.747. The normalized spacial score (nSPS) is 12.7. The number of hydrogen-bond donors (Lipinski definition) is 1. The van der Waals surface area contributed by atoms with Crippen LogP contribution in [-0.4, -0.2) is 11.2 Å². The molecule has 0 saturated heterocycles. The van der Waals surface area contributed by atoms with Gasteiger partial charge in [0.25, 0.3) is 0 Å². The predicted molar refractivity (Wildman–Crippen MR) is 96.7 cm³/mol. The Morgan fingerprint density at radius 1 is 1.12 bits per heavy atom. The van der Waals surface area contributed by atoms with Crippen molar-refractivity contribution in [1.82, 2.24) is 0 Å². The lowest BCUT2D eigenvalue weighted by Gasteiger charge is -2.16. The number of aryl methyl sites for hydroxylation is 2. The number of carbonyl (C=O) groups excluding carboxylic acids is 1. The van der Waals surface area contributed by atoms with Crippen LogP contribution < -0.4 is 5.32 Å². The second kappa shape index (κ2) is 7.95. The Kier molecular flexibility index (Phi) is 6.16. The molecule has 0 bridgehead atoms. The molecular weight excluding hydrogens is 347 g/mol. The molecule has 0 aliphatic carbocycles. The molecule has 0 aliphatic rings. The van der Waals surface area contributed by atoms with Gasteiger partial charge in [0.1, 0.15) is 0 Å². The zero-order chi connectivity index (χ0) is 18.6. The van der Waals surface area contributed by atoms with Gasteiger partial charge in [-0.25, -0.2) is 0 Å². The summed E-state index contributed by atoms with van der Waals surface area (Å²) in [6.07, 6.45) is -4.50. The molecule has 0 aliphatic heterocycles. The minimum Gasteiger partial charge on any atom is -0.325 e. The summed E-state index contributed by atoms with van der Waals surface area (Å²) in [5.41, 5.74) is 2.34. The molecule has 134 valence electrons. The lowest BCUT2D eigenvalue weighted by Crippen LogP contribution is -2.24. The summed E-state index contributed by atoms with van der Waals surface area (Å²) in [6, 6.07) is 11.2. The highest BCUT2D eigenvalue weighted by Crippen LogP contribution is 2.34. The minimum atomic E-state index is -4.50. The third-order valence-electron chi connectivity index (χ3n) is 3.64. The van der Waals surface area contributed by atoms with Crippen molar-refractivity contribution >= 4 is 23.4 Å². The van der Waals surface area contributed by atoms with Gasteiger partial charge < -0.3 is 5.32 Å². The van der Waals surface area contributed by atoms with Gasteiger partial charge in [0, 0.05) is 5.75 Å². The smallest absolute Gasteiger partial charge is 0.325 e. The first-order chi connectivity index (χ1) is 11.7. The van der Waals surface area contributed by atoms with Crippen molar-refractivity contribution in [1.29, 1.82) is 0 Å². The van der Waals surface area contributed by atoms with Crippen LogP contribution in [0.3, 0.4) is 0 Å². The van der Waals surface area contributed by atoms with E-state index in [9.17, 15) is 18.0 Å². The number of hydrogen-bond acceptors (Lipinski definition) is 2. The van der Waals surface area contributed by atoms with Crippen LogP contribution in [0.25, 0.3) is 0 Å². The zero-order valence-electron chi connectivity index (χ0n) is 14.3. The fourth-order valence-corrected chi connectivity index (χ4v) is 3.34. The number of amides is 1. The molecule has 0 fully saturated rings. The molecule has 2 aromatic rings. The van der Waals surface area contributed by atoms with E-state index in [1.807, 2.05) is 26.0 Å². The standard InChI is InChI=1S/C19H20F3NOS/c1-12-8-13(2)10-15(9-12)11-25-14(3)18(24)23-17-7-5-4-6-16(17)19(20,21)22/h4-10,14H,11H2,1-3H3,(H,23,24)/t14-/m0/s1. The highest BCUT2D eigenvalue weighted by atomic mass is 32.2. The number of thioether (sulfide) groups is 1. The van der Waals surface area contributed by atoms with Crippen LogP contribution >= 0.6 is 11.8 Å². The van der Waals surface area contributed by atoms with Crippen LogP contribution in [0.1, 0.15) is 29.2 Å². The van der Waals surface area contributed by atoms with E-state index >= 15 is 0 Å². The zero-order valence-corrected chi connectivity index (χ0v) is 15.1. The molecule has 0 spiro atoms. The topological polar surface area (TPSA) is 29.1 Å². The minimum absolute atomic E-state index is 0.209. The van der Waals surface area contributed by atoms with Crippen LogP contribution in [0.15, 0.2) is 42.5 Å². The Labute approximate surface area is 149 Å². The second-order valence-corrected chi connectivity index (χ2v) is 7.31. The van der Waals surface area contributed by atoms with Crippen LogP contribution in [0.4, 0.5) is 18.9 Å². The molecule has 1 N–H and O–H groups in total. The van der Waals surface area contributed by atoms with E-state index in [0.717, 1.165) is 22.8 Å². The maximum absolute atomic E-state index is 13.0. The first-order valence-electron chi connectivity index (χ1n) is 7.82. The molecule has 2 rings (SSSR count). The van der Waals surface area contributed by atoms with Crippen molar-refractivity contribution in [2.24, 2.45) is 0 Å². The SMILES string of the molecule is Cc1cc(C)cc(CS[C@@H](C)C(=O)Nc2ccccc2C(F)(F)F)c1. The van der Waals surface area contributed by atoms with Gasteiger partial charge in [0.15, 0.2) is 0 Å². The Balaban J connectivity index is 2.01. The van der Waals surface area contributed by atoms with Gasteiger partial charge in [0.05, 0.1) is 16.5 Å². The molecule has 1 atom stereocenters. The highest BCUT2D eigenvalue weighted by Gasteiger charge is 2.33. The molecule has 0 aromatic heterocycles. The molecule has 0 heterocycles. The maximum Gasteiger partial charge on any atom is 0.418 e. The lowest BCUT2D eigenvalue weighted by atomic mass is 10.1. The summed E-state index contributed by atoms with van der Waals surface area (Å²) in [5.74, 6) is 0.184. The largest absolute Gasteiger partial charge is 0.418 e. The number of carbonyl (C=O) groups is 1. The van der Waals surface area contributed by atoms with Gasteiger partial charge in [0.2, 0.25) is 5.91 Å². The summed E-state index contributed by atoms with van der Waals surface area (Å²) in [5, 5.41) is 1.93. The van der Waals surface area contributed by atoms with E-state index in [1.165, 1.54) is 30.0 Å². The first kappa shape index (κ1) is 19.4. The van der Waals surface area contributed by atoms with Gasteiger partial charge in [-0.05, 0) is 38.5 Å². The molecule has 0 saturated carbocycles. The second-order valence-electron chi connectivity index (χ2n) is 5.98. The summed E-state index contributed by atoms with van der Waals surface area (Å²) in [4.78, 5) is 12.2. The van der Waals surface area contributed by atoms with Crippen LogP contribution in [-0.2, 0) is 16.7 Å². The summed E-state index contributed by atoms with van der Waals surface area (Å²) in [6.45, 7) is 5.70. The molecule has 1 amide bonds. The Bertz CT molecular complexity index is 738. The summed E-state index contributed by atoms with van der Waals surface area (Å²) in [7, 11) is 0. The number of halogens is 3. The number of benzene rings is 2. The van der Waals surface area contributed by atoms with Gasteiger partial charge in [-0.3, -0.25) is 4.79 Å². The van der Waals surface area contributed by atoms with Gasteiger partial charge in [-0.15, -0.1) is 11.8 Å². The Morgan fingerprint density at radius 3 is 2.32 bits per heavy atom. The molecule has 2 aromatic carbocycles. The highest BCUT2D eigenvalue weighted by molar-refractivity contribution is 7.99. The van der Waals surface area contributed by atoms with E-state index < -0.39 is 22.9 Å². The molecule has 25 heavy (non-hydrogen) atoms. The maximum atomic E-state index is 13.0. The van der Waals surface area contributed by atoms with E-state index in [2.05, 4.69) is 11.4 Å². The van der Waals surface area contributed by atoms with E-state index in [-0.39, 0.29) is 5.69 Å². The van der Waals surface area contributed by atoms with Gasteiger partial charge >= 0.3 is 6.18 Å². The number of para-hydroxylation sites is 1. The number of nitrogens with one attached hydrogen (secondary N) is 1. The van der Waals surface area contributed by atoms with Crippen molar-refractivity contribution in [3.05, 3.63) is 64.7 Å².